The van der Waals surface area contributed by atoms with Gasteiger partial charge in [-0.25, -0.2) is 4.39 Å². The SMILES string of the molecule is COc1c(C(=O)NC(=S)Nc2ccc3nn(-c4ccc(F)cc4)nc3c2)cc2ccccc2c1Br. The van der Waals surface area contributed by atoms with Crippen molar-refractivity contribution in [1.82, 2.24) is 20.3 Å². The maximum Gasteiger partial charge on any atom is 0.261 e. The maximum absolute atomic E-state index is 13.2. The normalized spacial score (nSPS) is 10.9. The van der Waals surface area contributed by atoms with Gasteiger partial charge in [-0.15, -0.1) is 10.2 Å². The van der Waals surface area contributed by atoms with Crippen LogP contribution in [0.3, 0.4) is 0 Å². The van der Waals surface area contributed by atoms with Gasteiger partial charge >= 0.3 is 0 Å². The van der Waals surface area contributed by atoms with Crippen LogP contribution in [0.25, 0.3) is 27.5 Å². The summed E-state index contributed by atoms with van der Waals surface area (Å²) in [5.41, 5.74) is 2.87. The number of fused-ring (bicyclic) bond motifs is 2. The van der Waals surface area contributed by atoms with Gasteiger partial charge in [-0.1, -0.05) is 24.3 Å². The number of carbonyl (C=O) groups is 1. The Morgan fingerprint density at radius 3 is 2.54 bits per heavy atom. The van der Waals surface area contributed by atoms with Gasteiger partial charge in [0, 0.05) is 5.69 Å². The van der Waals surface area contributed by atoms with E-state index in [1.807, 2.05) is 24.3 Å². The number of benzene rings is 4. The molecule has 1 amide bonds. The number of nitrogens with zero attached hydrogens (tertiary/aromatic N) is 3. The van der Waals surface area contributed by atoms with Gasteiger partial charge in [0.1, 0.15) is 22.6 Å². The first-order chi connectivity index (χ1) is 16.9. The van der Waals surface area contributed by atoms with E-state index in [9.17, 15) is 9.18 Å². The van der Waals surface area contributed by atoms with E-state index < -0.39 is 5.91 Å². The minimum atomic E-state index is -0.408. The van der Waals surface area contributed by atoms with Crippen molar-refractivity contribution in [3.05, 3.63) is 88.6 Å². The molecule has 10 heteroatoms. The minimum Gasteiger partial charge on any atom is -0.495 e. The number of thiocarbonyl (C=S) groups is 1. The van der Waals surface area contributed by atoms with Crippen LogP contribution >= 0.6 is 28.1 Å². The third kappa shape index (κ3) is 4.58. The van der Waals surface area contributed by atoms with Gasteiger partial charge in [0.15, 0.2) is 5.11 Å². The molecule has 0 bridgehead atoms. The number of ether oxygens (including phenoxy) is 1. The molecule has 174 valence electrons. The van der Waals surface area contributed by atoms with E-state index in [4.69, 9.17) is 17.0 Å². The van der Waals surface area contributed by atoms with Crippen LogP contribution in [-0.4, -0.2) is 33.1 Å². The average molecular weight is 550 g/mol. The quantitative estimate of drug-likeness (QED) is 0.283. The summed E-state index contributed by atoms with van der Waals surface area (Å²) < 4.78 is 19.4. The fraction of sp³-hybridized carbons (Fsp3) is 0.0400. The fourth-order valence-corrected chi connectivity index (χ4v) is 4.61. The van der Waals surface area contributed by atoms with E-state index in [1.54, 1.807) is 36.4 Å². The van der Waals surface area contributed by atoms with Crippen LogP contribution in [0.4, 0.5) is 10.1 Å². The number of amides is 1. The third-order valence-corrected chi connectivity index (χ3v) is 6.30. The number of anilines is 1. The third-order valence-electron chi connectivity index (χ3n) is 5.31. The Kier molecular flexibility index (Phi) is 6.14. The van der Waals surface area contributed by atoms with E-state index >= 15 is 0 Å². The molecule has 5 aromatic rings. The zero-order chi connectivity index (χ0) is 24.5. The Hall–Kier alpha value is -3.89. The van der Waals surface area contributed by atoms with Crippen LogP contribution in [0.2, 0.25) is 0 Å². The van der Waals surface area contributed by atoms with Crippen LogP contribution in [0.15, 0.2) is 77.3 Å². The van der Waals surface area contributed by atoms with E-state index in [2.05, 4.69) is 36.8 Å². The molecule has 2 N–H and O–H groups in total. The van der Waals surface area contributed by atoms with Gasteiger partial charge in [-0.05, 0) is 87.5 Å². The standard InChI is InChI=1S/C25H17BrFN5O2S/c1-34-23-19(12-14-4-2-3-5-18(14)22(23)26)24(33)29-25(35)28-16-8-11-20-21(13-16)31-32(30-20)17-9-6-15(27)7-10-17/h2-13H,1H3,(H2,28,29,33,35). The van der Waals surface area contributed by atoms with Crippen molar-refractivity contribution in [2.45, 2.75) is 0 Å². The van der Waals surface area contributed by atoms with Gasteiger partial charge in [0.05, 0.1) is 22.8 Å². The number of methoxy groups -OCH3 is 1. The molecular formula is C25H17BrFN5O2S. The smallest absolute Gasteiger partial charge is 0.261 e. The van der Waals surface area contributed by atoms with E-state index in [-0.39, 0.29) is 10.9 Å². The van der Waals surface area contributed by atoms with Crippen molar-refractivity contribution < 1.29 is 13.9 Å². The average Bonchev–Trinajstić information content (AvgIpc) is 3.27. The van der Waals surface area contributed by atoms with Crippen molar-refractivity contribution in [3.8, 4) is 11.4 Å². The molecule has 0 spiro atoms. The lowest BCUT2D eigenvalue weighted by atomic mass is 10.1. The molecule has 35 heavy (non-hydrogen) atoms. The molecule has 4 aromatic carbocycles. The summed E-state index contributed by atoms with van der Waals surface area (Å²) in [4.78, 5) is 14.5. The summed E-state index contributed by atoms with van der Waals surface area (Å²) in [6.07, 6.45) is 0. The second-order valence-corrected chi connectivity index (χ2v) is 8.77. The van der Waals surface area contributed by atoms with Crippen LogP contribution in [0.1, 0.15) is 10.4 Å². The summed E-state index contributed by atoms with van der Waals surface area (Å²) in [6, 6.07) is 20.6. The van der Waals surface area contributed by atoms with Gasteiger partial charge < -0.3 is 10.1 Å². The van der Waals surface area contributed by atoms with Crippen LogP contribution in [0, 0.1) is 5.82 Å². The van der Waals surface area contributed by atoms with Crippen molar-refractivity contribution in [1.29, 1.82) is 0 Å². The first kappa shape index (κ1) is 22.9. The van der Waals surface area contributed by atoms with Crippen LogP contribution in [-0.2, 0) is 0 Å². The highest BCUT2D eigenvalue weighted by molar-refractivity contribution is 9.10. The van der Waals surface area contributed by atoms with Crippen molar-refractivity contribution in [2.75, 3.05) is 12.4 Å². The molecule has 0 aliphatic carbocycles. The highest BCUT2D eigenvalue weighted by Crippen LogP contribution is 2.36. The largest absolute Gasteiger partial charge is 0.495 e. The monoisotopic (exact) mass is 549 g/mol. The molecule has 1 heterocycles. The molecule has 1 aromatic heterocycles. The number of rotatable bonds is 4. The maximum atomic E-state index is 13.2. The predicted molar refractivity (Wildman–Crippen MR) is 141 cm³/mol. The van der Waals surface area contributed by atoms with Crippen molar-refractivity contribution in [3.63, 3.8) is 0 Å². The summed E-state index contributed by atoms with van der Waals surface area (Å²) >= 11 is 8.90. The zero-order valence-electron chi connectivity index (χ0n) is 18.3. The van der Waals surface area contributed by atoms with E-state index in [0.717, 1.165) is 10.8 Å². The number of hydrogen-bond donors (Lipinski definition) is 2. The second-order valence-electron chi connectivity index (χ2n) is 7.57. The lowest BCUT2D eigenvalue weighted by Gasteiger charge is -2.14. The molecular weight excluding hydrogens is 533 g/mol. The summed E-state index contributed by atoms with van der Waals surface area (Å²) in [7, 11) is 1.51. The Labute approximate surface area is 213 Å². The number of hydrogen-bond acceptors (Lipinski definition) is 5. The second kappa shape index (κ2) is 9.40. The zero-order valence-corrected chi connectivity index (χ0v) is 20.7. The number of halogens is 2. The van der Waals surface area contributed by atoms with Crippen LogP contribution in [0.5, 0.6) is 5.75 Å². The number of aromatic nitrogens is 3. The molecule has 0 saturated carbocycles. The predicted octanol–water partition coefficient (Wildman–Crippen LogP) is 5.61. The molecule has 0 saturated heterocycles. The van der Waals surface area contributed by atoms with E-state index in [1.165, 1.54) is 24.0 Å². The highest BCUT2D eigenvalue weighted by Gasteiger charge is 2.19. The number of nitrogens with one attached hydrogen (secondary N) is 2. The van der Waals surface area contributed by atoms with E-state index in [0.29, 0.717) is 38.2 Å². The molecule has 0 atom stereocenters. The Balaban J connectivity index is 1.35. The molecule has 0 fully saturated rings. The highest BCUT2D eigenvalue weighted by atomic mass is 79.9. The molecule has 0 aliphatic rings. The molecule has 0 aliphatic heterocycles. The van der Waals surface area contributed by atoms with Gasteiger partial charge in [0.25, 0.3) is 5.91 Å². The summed E-state index contributed by atoms with van der Waals surface area (Å²) in [5.74, 6) is -0.321. The lowest BCUT2D eigenvalue weighted by molar-refractivity contribution is 0.0975. The minimum absolute atomic E-state index is 0.117. The Bertz CT molecular complexity index is 1600. The first-order valence-corrected chi connectivity index (χ1v) is 11.6. The summed E-state index contributed by atoms with van der Waals surface area (Å²) in [6.45, 7) is 0. The number of carbonyl (C=O) groups excluding carboxylic acids is 1. The topological polar surface area (TPSA) is 81.1 Å². The molecule has 0 unspecified atom stereocenters. The Morgan fingerprint density at radius 1 is 1.03 bits per heavy atom. The summed E-state index contributed by atoms with van der Waals surface area (Å²) in [5, 5.41) is 16.5. The molecule has 7 nitrogen and oxygen atoms in total. The van der Waals surface area contributed by atoms with Crippen LogP contribution < -0.4 is 15.4 Å². The van der Waals surface area contributed by atoms with Crippen molar-refractivity contribution >= 4 is 66.7 Å². The van der Waals surface area contributed by atoms with Crippen molar-refractivity contribution in [2.24, 2.45) is 0 Å². The van der Waals surface area contributed by atoms with Gasteiger partial charge in [-0.2, -0.15) is 4.80 Å². The first-order valence-electron chi connectivity index (χ1n) is 10.4. The van der Waals surface area contributed by atoms with Gasteiger partial charge in [0.2, 0.25) is 0 Å². The van der Waals surface area contributed by atoms with Gasteiger partial charge in [-0.3, -0.25) is 10.1 Å². The fourth-order valence-electron chi connectivity index (χ4n) is 3.67. The Morgan fingerprint density at radius 2 is 1.77 bits per heavy atom. The molecule has 5 rings (SSSR count). The molecule has 0 radical (unpaired) electrons. The lowest BCUT2D eigenvalue weighted by Crippen LogP contribution is -2.34.